The summed E-state index contributed by atoms with van der Waals surface area (Å²) in [6.45, 7) is 9.51. The molecule has 0 aliphatic rings. The smallest absolute Gasteiger partial charge is 0.258 e. The van der Waals surface area contributed by atoms with Crippen molar-refractivity contribution in [2.45, 2.75) is 27.7 Å². The first kappa shape index (κ1) is 14.2. The predicted octanol–water partition coefficient (Wildman–Crippen LogP) is 0.957. The van der Waals surface area contributed by atoms with E-state index in [9.17, 15) is 0 Å². The van der Waals surface area contributed by atoms with Crippen molar-refractivity contribution in [2.24, 2.45) is 0 Å². The third-order valence-electron chi connectivity index (χ3n) is 2.95. The van der Waals surface area contributed by atoms with Crippen molar-refractivity contribution in [1.82, 2.24) is 29.7 Å². The van der Waals surface area contributed by atoms with Gasteiger partial charge in [-0.1, -0.05) is 0 Å². The molecule has 0 bridgehead atoms. The van der Waals surface area contributed by atoms with Crippen molar-refractivity contribution in [1.29, 1.82) is 0 Å². The van der Waals surface area contributed by atoms with Crippen LogP contribution in [0, 0.1) is 13.8 Å². The Balaban J connectivity index is 2.53. The molecule has 20 heavy (non-hydrogen) atoms. The van der Waals surface area contributed by atoms with E-state index in [2.05, 4.69) is 49.1 Å². The minimum atomic E-state index is 0.476. The van der Waals surface area contributed by atoms with Crippen LogP contribution >= 0.6 is 0 Å². The van der Waals surface area contributed by atoms with Crippen molar-refractivity contribution < 1.29 is 0 Å². The summed E-state index contributed by atoms with van der Waals surface area (Å²) >= 11 is 0. The summed E-state index contributed by atoms with van der Waals surface area (Å²) in [7, 11) is 1.78. The topological polar surface area (TPSA) is 84.7 Å². The van der Waals surface area contributed by atoms with Crippen molar-refractivity contribution >= 4 is 11.9 Å². The number of aryl methyl sites for hydroxylation is 2. The van der Waals surface area contributed by atoms with Crippen LogP contribution in [0.2, 0.25) is 0 Å². The van der Waals surface area contributed by atoms with Gasteiger partial charge in [-0.25, -0.2) is 4.98 Å². The maximum absolute atomic E-state index is 4.49. The summed E-state index contributed by atoms with van der Waals surface area (Å²) in [4.78, 5) is 19.6. The van der Waals surface area contributed by atoms with E-state index in [-0.39, 0.29) is 0 Å². The summed E-state index contributed by atoms with van der Waals surface area (Å²) in [5, 5.41) is 7.27. The summed E-state index contributed by atoms with van der Waals surface area (Å²) in [6.07, 6.45) is 0. The Kier molecular flexibility index (Phi) is 4.11. The number of nitrogens with one attached hydrogen (secondary N) is 1. The molecule has 0 aliphatic heterocycles. The molecule has 0 saturated carbocycles. The number of hydrogen-bond donors (Lipinski definition) is 1. The van der Waals surface area contributed by atoms with Gasteiger partial charge in [0.15, 0.2) is 0 Å². The second kappa shape index (κ2) is 5.81. The minimum absolute atomic E-state index is 0.476. The molecule has 0 aromatic carbocycles. The predicted molar refractivity (Wildman–Crippen MR) is 77.3 cm³/mol. The van der Waals surface area contributed by atoms with E-state index in [4.69, 9.17) is 0 Å². The number of nitrogens with zero attached hydrogens (tertiary/aromatic N) is 7. The van der Waals surface area contributed by atoms with Crippen molar-refractivity contribution in [3.63, 3.8) is 0 Å². The second-order valence-corrected chi connectivity index (χ2v) is 4.30. The molecular weight excluding hydrogens is 256 g/mol. The van der Waals surface area contributed by atoms with Crippen LogP contribution in [0.25, 0.3) is 5.95 Å². The molecule has 0 aliphatic carbocycles. The highest BCUT2D eigenvalue weighted by Gasteiger charge is 2.14. The zero-order valence-electron chi connectivity index (χ0n) is 12.5. The van der Waals surface area contributed by atoms with E-state index in [1.54, 1.807) is 11.7 Å². The number of hydrogen-bond acceptors (Lipinski definition) is 7. The third-order valence-corrected chi connectivity index (χ3v) is 2.95. The summed E-state index contributed by atoms with van der Waals surface area (Å²) in [5.41, 5.74) is 0. The Morgan fingerprint density at radius 1 is 1.05 bits per heavy atom. The molecule has 0 unspecified atom stereocenters. The summed E-state index contributed by atoms with van der Waals surface area (Å²) in [5.74, 6) is 3.07. The SMILES string of the molecule is CCN(CC)c1nc(NC)nc(-n2nc(C)nc2C)n1. The van der Waals surface area contributed by atoms with Gasteiger partial charge in [-0.3, -0.25) is 0 Å². The van der Waals surface area contributed by atoms with Gasteiger partial charge in [0.05, 0.1) is 0 Å². The van der Waals surface area contributed by atoms with Crippen molar-refractivity contribution in [3.8, 4) is 5.95 Å². The zero-order valence-corrected chi connectivity index (χ0v) is 12.5. The Bertz CT molecular complexity index is 587. The van der Waals surface area contributed by atoms with E-state index in [1.807, 2.05) is 13.8 Å². The van der Waals surface area contributed by atoms with Crippen LogP contribution in [0.3, 0.4) is 0 Å². The Morgan fingerprint density at radius 2 is 1.75 bits per heavy atom. The number of aromatic nitrogens is 6. The van der Waals surface area contributed by atoms with Crippen LogP contribution < -0.4 is 10.2 Å². The molecule has 0 fully saturated rings. The number of rotatable bonds is 5. The average Bonchev–Trinajstić information content (AvgIpc) is 2.79. The second-order valence-electron chi connectivity index (χ2n) is 4.30. The lowest BCUT2D eigenvalue weighted by atomic mass is 10.5. The lowest BCUT2D eigenvalue weighted by Crippen LogP contribution is -2.25. The average molecular weight is 276 g/mol. The molecule has 108 valence electrons. The molecule has 0 saturated heterocycles. The fourth-order valence-corrected chi connectivity index (χ4v) is 1.92. The molecule has 8 heteroatoms. The first-order valence-corrected chi connectivity index (χ1v) is 6.68. The van der Waals surface area contributed by atoms with Gasteiger partial charge >= 0.3 is 0 Å². The first-order chi connectivity index (χ1) is 9.58. The highest BCUT2D eigenvalue weighted by molar-refractivity contribution is 5.39. The van der Waals surface area contributed by atoms with Crippen molar-refractivity contribution in [2.75, 3.05) is 30.4 Å². The highest BCUT2D eigenvalue weighted by Crippen LogP contribution is 2.13. The van der Waals surface area contributed by atoms with Gasteiger partial charge in [0.1, 0.15) is 11.6 Å². The lowest BCUT2D eigenvalue weighted by Gasteiger charge is -2.19. The van der Waals surface area contributed by atoms with Crippen LogP contribution in [0.4, 0.5) is 11.9 Å². The monoisotopic (exact) mass is 276 g/mol. The van der Waals surface area contributed by atoms with Gasteiger partial charge < -0.3 is 10.2 Å². The quantitative estimate of drug-likeness (QED) is 0.870. The molecule has 0 radical (unpaired) electrons. The Hall–Kier alpha value is -2.25. The van der Waals surface area contributed by atoms with Gasteiger partial charge in [0.25, 0.3) is 5.95 Å². The fraction of sp³-hybridized carbons (Fsp3) is 0.583. The van der Waals surface area contributed by atoms with Crippen LogP contribution in [0.15, 0.2) is 0 Å². The van der Waals surface area contributed by atoms with Crippen molar-refractivity contribution in [3.05, 3.63) is 11.6 Å². The highest BCUT2D eigenvalue weighted by atomic mass is 15.4. The van der Waals surface area contributed by atoms with E-state index in [0.29, 0.717) is 23.7 Å². The lowest BCUT2D eigenvalue weighted by molar-refractivity contribution is 0.743. The molecule has 2 aromatic heterocycles. The van der Waals surface area contributed by atoms with Gasteiger partial charge in [-0.15, -0.1) is 5.10 Å². The summed E-state index contributed by atoms with van der Waals surface area (Å²) < 4.78 is 1.63. The fourth-order valence-electron chi connectivity index (χ4n) is 1.92. The standard InChI is InChI=1S/C12H20N8/c1-6-19(7-2)11-15-10(13-5)16-12(17-11)20-9(4)14-8(3)18-20/h6-7H2,1-5H3,(H,13,15,16,17). The molecule has 0 spiro atoms. The molecule has 1 N–H and O–H groups in total. The van der Waals surface area contributed by atoms with Crippen LogP contribution in [-0.4, -0.2) is 49.9 Å². The largest absolute Gasteiger partial charge is 0.357 e. The van der Waals surface area contributed by atoms with Gasteiger partial charge in [-0.05, 0) is 27.7 Å². The van der Waals surface area contributed by atoms with Gasteiger partial charge in [-0.2, -0.15) is 19.6 Å². The molecule has 2 rings (SSSR count). The van der Waals surface area contributed by atoms with E-state index in [1.165, 1.54) is 0 Å². The molecular formula is C12H20N8. The molecule has 0 atom stereocenters. The maximum Gasteiger partial charge on any atom is 0.258 e. The van der Waals surface area contributed by atoms with Gasteiger partial charge in [0, 0.05) is 20.1 Å². The molecule has 2 aromatic rings. The van der Waals surface area contributed by atoms with E-state index in [0.717, 1.165) is 18.9 Å². The first-order valence-electron chi connectivity index (χ1n) is 6.68. The molecule has 0 amide bonds. The van der Waals surface area contributed by atoms with Gasteiger partial charge in [0.2, 0.25) is 11.9 Å². The molecule has 8 nitrogen and oxygen atoms in total. The Labute approximate surface area is 118 Å². The van der Waals surface area contributed by atoms with E-state index >= 15 is 0 Å². The van der Waals surface area contributed by atoms with Crippen LogP contribution in [0.1, 0.15) is 25.5 Å². The zero-order chi connectivity index (χ0) is 14.7. The maximum atomic E-state index is 4.49. The third kappa shape index (κ3) is 2.68. The number of anilines is 2. The normalized spacial score (nSPS) is 10.7. The van der Waals surface area contributed by atoms with Crippen LogP contribution in [0.5, 0.6) is 0 Å². The Morgan fingerprint density at radius 3 is 2.25 bits per heavy atom. The summed E-state index contributed by atoms with van der Waals surface area (Å²) in [6, 6.07) is 0. The van der Waals surface area contributed by atoms with Crippen LogP contribution in [-0.2, 0) is 0 Å². The minimum Gasteiger partial charge on any atom is -0.357 e. The van der Waals surface area contributed by atoms with E-state index < -0.39 is 0 Å². The molecule has 2 heterocycles.